The fourth-order valence-corrected chi connectivity index (χ4v) is 4.07. The molecule has 1 aliphatic carbocycles. The molecule has 0 aliphatic heterocycles. The molecule has 1 heterocycles. The van der Waals surface area contributed by atoms with Gasteiger partial charge in [-0.25, -0.2) is 0 Å². The highest BCUT2D eigenvalue weighted by Gasteiger charge is 2.42. The van der Waals surface area contributed by atoms with Gasteiger partial charge in [-0.3, -0.25) is 9.78 Å². The number of benzene rings is 1. The Labute approximate surface area is 174 Å². The fourth-order valence-electron chi connectivity index (χ4n) is 4.07. The van der Waals surface area contributed by atoms with Crippen LogP contribution in [0.1, 0.15) is 59.8 Å². The predicted octanol–water partition coefficient (Wildman–Crippen LogP) is 5.58. The van der Waals surface area contributed by atoms with Crippen molar-refractivity contribution in [1.29, 1.82) is 0 Å². The fraction of sp³-hybridized carbons (Fsp3) is 0.583. The van der Waals surface area contributed by atoms with E-state index in [9.17, 15) is 4.79 Å². The van der Waals surface area contributed by atoms with Gasteiger partial charge in [-0.05, 0) is 61.8 Å². The number of pyridine rings is 1. The summed E-state index contributed by atoms with van der Waals surface area (Å²) in [6.45, 7) is 9.74. The molecule has 1 aromatic carbocycles. The molecule has 158 valence electrons. The first kappa shape index (κ1) is 21.6. The lowest BCUT2D eigenvalue weighted by Gasteiger charge is -2.38. The monoisotopic (exact) mass is 398 g/mol. The van der Waals surface area contributed by atoms with Gasteiger partial charge in [0.05, 0.1) is 12.3 Å². The van der Waals surface area contributed by atoms with Gasteiger partial charge in [0.2, 0.25) is 0 Å². The zero-order valence-electron chi connectivity index (χ0n) is 18.2. The predicted molar refractivity (Wildman–Crippen MR) is 117 cm³/mol. The number of aromatic nitrogens is 1. The molecule has 1 N–H and O–H groups in total. The summed E-state index contributed by atoms with van der Waals surface area (Å²) >= 11 is 0. The van der Waals surface area contributed by atoms with E-state index in [-0.39, 0.29) is 5.91 Å². The number of anilines is 1. The molecule has 1 aromatic heterocycles. The number of carbonyl (C=O) groups is 1. The van der Waals surface area contributed by atoms with Gasteiger partial charge in [-0.15, -0.1) is 0 Å². The van der Waals surface area contributed by atoms with Crippen LogP contribution in [0, 0.1) is 11.8 Å². The van der Waals surface area contributed by atoms with E-state index in [0.29, 0.717) is 25.0 Å². The highest BCUT2D eigenvalue weighted by Crippen LogP contribution is 2.37. The quantitative estimate of drug-likeness (QED) is 0.630. The van der Waals surface area contributed by atoms with Crippen LogP contribution in [0.4, 0.5) is 5.69 Å². The Hall–Kier alpha value is -2.14. The number of rotatable bonds is 8. The molecule has 2 atom stereocenters. The molecule has 0 radical (unpaired) electrons. The van der Waals surface area contributed by atoms with Gasteiger partial charge in [0.25, 0.3) is 5.91 Å². The molecule has 5 nitrogen and oxygen atoms in total. The molecule has 2 aromatic rings. The molecular weight excluding hydrogens is 364 g/mol. The van der Waals surface area contributed by atoms with E-state index in [0.717, 1.165) is 54.4 Å². The van der Waals surface area contributed by atoms with Crippen LogP contribution >= 0.6 is 0 Å². The van der Waals surface area contributed by atoms with E-state index < -0.39 is 5.60 Å². The summed E-state index contributed by atoms with van der Waals surface area (Å²) in [5.41, 5.74) is 0.786. The molecule has 1 amide bonds. The first-order chi connectivity index (χ1) is 13.9. The van der Waals surface area contributed by atoms with Crippen molar-refractivity contribution in [3.8, 4) is 5.75 Å². The highest BCUT2D eigenvalue weighted by atomic mass is 16.5. The molecular formula is C24H34N2O3. The minimum Gasteiger partial charge on any atom is -0.491 e. The molecule has 0 unspecified atom stereocenters. The van der Waals surface area contributed by atoms with Crippen LogP contribution in [0.5, 0.6) is 5.75 Å². The molecule has 3 rings (SSSR count). The summed E-state index contributed by atoms with van der Waals surface area (Å²) in [5.74, 6) is 1.61. The maximum atomic E-state index is 13.4. The van der Waals surface area contributed by atoms with Gasteiger partial charge in [-0.2, -0.15) is 0 Å². The number of fused-ring (bicyclic) bond motifs is 1. The van der Waals surface area contributed by atoms with E-state index in [1.165, 1.54) is 0 Å². The van der Waals surface area contributed by atoms with Gasteiger partial charge in [-0.1, -0.05) is 34.1 Å². The number of hydrogen-bond acceptors (Lipinski definition) is 4. The molecule has 0 saturated heterocycles. The zero-order valence-corrected chi connectivity index (χ0v) is 18.2. The van der Waals surface area contributed by atoms with Crippen LogP contribution in [0.25, 0.3) is 10.9 Å². The van der Waals surface area contributed by atoms with Crippen LogP contribution in [-0.4, -0.2) is 29.7 Å². The Morgan fingerprint density at radius 2 is 2.17 bits per heavy atom. The van der Waals surface area contributed by atoms with E-state index in [4.69, 9.17) is 9.47 Å². The Bertz CT molecular complexity index is 836. The van der Waals surface area contributed by atoms with Crippen LogP contribution in [0.3, 0.4) is 0 Å². The van der Waals surface area contributed by atoms with Crippen LogP contribution in [0.2, 0.25) is 0 Å². The summed E-state index contributed by atoms with van der Waals surface area (Å²) in [6, 6.07) is 7.67. The first-order valence-electron chi connectivity index (χ1n) is 10.9. The summed E-state index contributed by atoms with van der Waals surface area (Å²) in [7, 11) is 0. The van der Waals surface area contributed by atoms with E-state index in [1.54, 1.807) is 6.20 Å². The van der Waals surface area contributed by atoms with Crippen LogP contribution < -0.4 is 10.1 Å². The van der Waals surface area contributed by atoms with Gasteiger partial charge >= 0.3 is 0 Å². The number of nitrogens with one attached hydrogen (secondary N) is 1. The standard InChI is InChI=1S/C24H34N2O3/c1-5-14-29-24(12-6-8-18(4)15-24)23(27)26-20-10-11-21(28-16-17(2)3)22-19(20)9-7-13-25-22/h7,9-11,13,17-18H,5-6,8,12,14-16H2,1-4H3,(H,26,27)/t18-,24-/m0/s1. The lowest BCUT2D eigenvalue weighted by Crippen LogP contribution is -2.48. The normalized spacial score (nSPS) is 22.0. The average molecular weight is 399 g/mol. The minimum atomic E-state index is -0.741. The Kier molecular flexibility index (Phi) is 7.12. The van der Waals surface area contributed by atoms with Crippen molar-refractivity contribution in [3.63, 3.8) is 0 Å². The largest absolute Gasteiger partial charge is 0.491 e. The minimum absolute atomic E-state index is 0.0431. The maximum absolute atomic E-state index is 13.4. The number of amides is 1. The topological polar surface area (TPSA) is 60.5 Å². The SMILES string of the molecule is CCCO[C@@]1(C(=O)Nc2ccc(OCC(C)C)c3ncccc23)CCC[C@H](C)C1. The number of nitrogens with zero attached hydrogens (tertiary/aromatic N) is 1. The number of carbonyl (C=O) groups excluding carboxylic acids is 1. The first-order valence-corrected chi connectivity index (χ1v) is 10.9. The summed E-state index contributed by atoms with van der Waals surface area (Å²) in [5, 5.41) is 4.04. The van der Waals surface area contributed by atoms with Gasteiger partial charge in [0.1, 0.15) is 16.9 Å². The zero-order chi connectivity index (χ0) is 20.9. The van der Waals surface area contributed by atoms with Crippen molar-refractivity contribution in [2.45, 2.75) is 65.4 Å². The summed E-state index contributed by atoms with van der Waals surface area (Å²) in [6.07, 6.45) is 6.37. The smallest absolute Gasteiger partial charge is 0.256 e. The molecule has 1 saturated carbocycles. The van der Waals surface area contributed by atoms with E-state index in [1.807, 2.05) is 24.3 Å². The third-order valence-corrected chi connectivity index (χ3v) is 5.51. The van der Waals surface area contributed by atoms with E-state index >= 15 is 0 Å². The lowest BCUT2D eigenvalue weighted by molar-refractivity contribution is -0.148. The Morgan fingerprint density at radius 1 is 1.34 bits per heavy atom. The van der Waals surface area contributed by atoms with Gasteiger partial charge < -0.3 is 14.8 Å². The van der Waals surface area contributed by atoms with Crippen molar-refractivity contribution in [3.05, 3.63) is 30.5 Å². The summed E-state index contributed by atoms with van der Waals surface area (Å²) < 4.78 is 12.1. The average Bonchev–Trinajstić information content (AvgIpc) is 2.71. The van der Waals surface area contributed by atoms with Crippen molar-refractivity contribution in [1.82, 2.24) is 4.98 Å². The molecule has 5 heteroatoms. The van der Waals surface area contributed by atoms with Crippen LogP contribution in [0.15, 0.2) is 30.5 Å². The third-order valence-electron chi connectivity index (χ3n) is 5.51. The lowest BCUT2D eigenvalue weighted by atomic mass is 9.78. The van der Waals surface area contributed by atoms with Gasteiger partial charge in [0, 0.05) is 18.2 Å². The third kappa shape index (κ3) is 5.08. The van der Waals surface area contributed by atoms with Crippen molar-refractivity contribution in [2.75, 3.05) is 18.5 Å². The summed E-state index contributed by atoms with van der Waals surface area (Å²) in [4.78, 5) is 17.9. The van der Waals surface area contributed by atoms with Gasteiger partial charge in [0.15, 0.2) is 0 Å². The Balaban J connectivity index is 1.88. The van der Waals surface area contributed by atoms with Crippen molar-refractivity contribution in [2.24, 2.45) is 11.8 Å². The van der Waals surface area contributed by atoms with E-state index in [2.05, 4.69) is 38.0 Å². The van der Waals surface area contributed by atoms with Crippen molar-refractivity contribution >= 4 is 22.5 Å². The maximum Gasteiger partial charge on any atom is 0.256 e. The van der Waals surface area contributed by atoms with Crippen LogP contribution in [-0.2, 0) is 9.53 Å². The second kappa shape index (κ2) is 9.57. The Morgan fingerprint density at radius 3 is 2.90 bits per heavy atom. The second-order valence-electron chi connectivity index (χ2n) is 8.71. The molecule has 1 fully saturated rings. The molecule has 0 spiro atoms. The number of hydrogen-bond donors (Lipinski definition) is 1. The highest BCUT2D eigenvalue weighted by molar-refractivity contribution is 6.05. The molecule has 0 bridgehead atoms. The van der Waals surface area contributed by atoms with Crippen molar-refractivity contribution < 1.29 is 14.3 Å². The second-order valence-corrected chi connectivity index (χ2v) is 8.71. The molecule has 1 aliphatic rings. The molecule has 29 heavy (non-hydrogen) atoms. The number of ether oxygens (including phenoxy) is 2.